The maximum Gasteiger partial charge on any atom is 0.277 e. The highest BCUT2D eigenvalue weighted by molar-refractivity contribution is 8.00. The number of hydrogen-bond acceptors (Lipinski definition) is 7. The van der Waals surface area contributed by atoms with Gasteiger partial charge in [-0.05, 0) is 25.5 Å². The van der Waals surface area contributed by atoms with Crippen LogP contribution in [0.15, 0.2) is 56.7 Å². The molecule has 3 heterocycles. The van der Waals surface area contributed by atoms with Gasteiger partial charge in [0.05, 0.1) is 17.1 Å². The summed E-state index contributed by atoms with van der Waals surface area (Å²) in [5.74, 6) is 1.24. The van der Waals surface area contributed by atoms with Crippen LogP contribution in [-0.4, -0.2) is 57.3 Å². The van der Waals surface area contributed by atoms with E-state index in [4.69, 9.17) is 8.83 Å². The lowest BCUT2D eigenvalue weighted by Crippen LogP contribution is -2.50. The van der Waals surface area contributed by atoms with E-state index in [-0.39, 0.29) is 11.2 Å². The average Bonchev–Trinajstić information content (AvgIpc) is 3.37. The minimum Gasteiger partial charge on any atom is -0.469 e. The fourth-order valence-electron chi connectivity index (χ4n) is 3.40. The number of rotatable bonds is 6. The van der Waals surface area contributed by atoms with Gasteiger partial charge in [0.1, 0.15) is 5.76 Å². The van der Waals surface area contributed by atoms with Gasteiger partial charge in [0.25, 0.3) is 11.1 Å². The molecule has 1 aliphatic rings. The molecule has 0 radical (unpaired) electrons. The first-order chi connectivity index (χ1) is 14.1. The molecule has 7 nitrogen and oxygen atoms in total. The van der Waals surface area contributed by atoms with Crippen molar-refractivity contribution in [2.75, 3.05) is 26.2 Å². The molecule has 1 saturated heterocycles. The Balaban J connectivity index is 1.29. The third-order valence-electron chi connectivity index (χ3n) is 5.05. The Morgan fingerprint density at radius 3 is 2.59 bits per heavy atom. The predicted molar refractivity (Wildman–Crippen MR) is 110 cm³/mol. The van der Waals surface area contributed by atoms with Crippen LogP contribution in [0.1, 0.15) is 18.2 Å². The van der Waals surface area contributed by atoms with E-state index in [9.17, 15) is 4.79 Å². The summed E-state index contributed by atoms with van der Waals surface area (Å²) in [5.41, 5.74) is 2.08. The van der Waals surface area contributed by atoms with E-state index < -0.39 is 0 Å². The number of carbonyl (C=O) groups excluding carboxylic acids is 1. The summed E-state index contributed by atoms with van der Waals surface area (Å²) in [4.78, 5) is 17.1. The lowest BCUT2D eigenvalue weighted by Gasteiger charge is -2.35. The normalized spacial score (nSPS) is 16.1. The molecule has 0 bridgehead atoms. The first-order valence-electron chi connectivity index (χ1n) is 9.70. The second-order valence-corrected chi connectivity index (χ2v) is 8.40. The second kappa shape index (κ2) is 8.84. The van der Waals surface area contributed by atoms with Gasteiger partial charge in [0, 0.05) is 32.7 Å². The maximum absolute atomic E-state index is 12.8. The zero-order valence-electron chi connectivity index (χ0n) is 16.6. The van der Waals surface area contributed by atoms with Crippen LogP contribution in [0.3, 0.4) is 0 Å². The number of hydrogen-bond donors (Lipinski definition) is 0. The Hall–Kier alpha value is -2.58. The number of furan rings is 1. The molecule has 0 aliphatic carbocycles. The Kier molecular flexibility index (Phi) is 6.01. The third-order valence-corrected chi connectivity index (χ3v) is 5.98. The Labute approximate surface area is 174 Å². The van der Waals surface area contributed by atoms with Crippen LogP contribution in [0, 0.1) is 6.92 Å². The van der Waals surface area contributed by atoms with Crippen molar-refractivity contribution in [2.45, 2.75) is 30.9 Å². The molecule has 0 spiro atoms. The molecule has 1 fully saturated rings. The predicted octanol–water partition coefficient (Wildman–Crippen LogP) is 3.46. The molecule has 0 N–H and O–H groups in total. The lowest BCUT2D eigenvalue weighted by atomic mass is 10.2. The van der Waals surface area contributed by atoms with E-state index in [0.29, 0.717) is 11.1 Å². The summed E-state index contributed by atoms with van der Waals surface area (Å²) in [6.07, 6.45) is 1.59. The topological polar surface area (TPSA) is 75.6 Å². The van der Waals surface area contributed by atoms with Crippen molar-refractivity contribution in [2.24, 2.45) is 0 Å². The van der Waals surface area contributed by atoms with E-state index in [1.807, 2.05) is 24.8 Å². The first kappa shape index (κ1) is 19.7. The van der Waals surface area contributed by atoms with E-state index in [2.05, 4.69) is 39.4 Å². The van der Waals surface area contributed by atoms with Crippen LogP contribution in [0.4, 0.5) is 0 Å². The number of benzene rings is 1. The summed E-state index contributed by atoms with van der Waals surface area (Å²) < 4.78 is 11.0. The first-order valence-corrected chi connectivity index (χ1v) is 10.6. The summed E-state index contributed by atoms with van der Waals surface area (Å²) in [5, 5.41) is 8.24. The quantitative estimate of drug-likeness (QED) is 0.574. The highest BCUT2D eigenvalue weighted by atomic mass is 32.2. The van der Waals surface area contributed by atoms with Gasteiger partial charge in [-0.15, -0.1) is 10.2 Å². The number of aromatic nitrogens is 2. The van der Waals surface area contributed by atoms with Crippen molar-refractivity contribution in [3.63, 3.8) is 0 Å². The van der Waals surface area contributed by atoms with Crippen LogP contribution in [-0.2, 0) is 11.3 Å². The van der Waals surface area contributed by atoms with Gasteiger partial charge in [-0.1, -0.05) is 42.1 Å². The number of piperazine rings is 1. The number of carbonyl (C=O) groups is 1. The van der Waals surface area contributed by atoms with Crippen LogP contribution in [0.2, 0.25) is 0 Å². The van der Waals surface area contributed by atoms with Crippen molar-refractivity contribution in [3.8, 4) is 11.5 Å². The molecule has 3 aromatic rings. The van der Waals surface area contributed by atoms with Gasteiger partial charge in [-0.25, -0.2) is 0 Å². The monoisotopic (exact) mass is 412 g/mol. The van der Waals surface area contributed by atoms with E-state index in [1.165, 1.54) is 17.3 Å². The lowest BCUT2D eigenvalue weighted by molar-refractivity contribution is -0.132. The SMILES string of the molecule is Cc1occc1-c1nnc(S[C@@H](C)C(=O)N2CCN(Cc3ccccc3)CC2)o1. The summed E-state index contributed by atoms with van der Waals surface area (Å²) in [6.45, 7) is 7.88. The fraction of sp³-hybridized carbons (Fsp3) is 0.381. The molecule has 2 aromatic heterocycles. The summed E-state index contributed by atoms with van der Waals surface area (Å²) in [6, 6.07) is 12.2. The Morgan fingerprint density at radius 2 is 1.90 bits per heavy atom. The van der Waals surface area contributed by atoms with Crippen LogP contribution >= 0.6 is 11.8 Å². The highest BCUT2D eigenvalue weighted by Crippen LogP contribution is 2.29. The zero-order chi connectivity index (χ0) is 20.2. The smallest absolute Gasteiger partial charge is 0.277 e. The number of thioether (sulfide) groups is 1. The molecule has 4 rings (SSSR count). The number of amides is 1. The largest absolute Gasteiger partial charge is 0.469 e. The van der Waals surface area contributed by atoms with E-state index in [1.54, 1.807) is 12.3 Å². The molecular weight excluding hydrogens is 388 g/mol. The highest BCUT2D eigenvalue weighted by Gasteiger charge is 2.27. The maximum atomic E-state index is 12.8. The van der Waals surface area contributed by atoms with Gasteiger partial charge in [0.15, 0.2) is 0 Å². The molecule has 1 amide bonds. The fourth-order valence-corrected chi connectivity index (χ4v) is 4.17. The summed E-state index contributed by atoms with van der Waals surface area (Å²) in [7, 11) is 0. The van der Waals surface area contributed by atoms with Gasteiger partial charge >= 0.3 is 0 Å². The Bertz CT molecular complexity index is 948. The van der Waals surface area contributed by atoms with Crippen LogP contribution in [0.25, 0.3) is 11.5 Å². The van der Waals surface area contributed by atoms with Gasteiger partial charge < -0.3 is 13.7 Å². The van der Waals surface area contributed by atoms with Crippen LogP contribution < -0.4 is 0 Å². The minimum absolute atomic E-state index is 0.105. The molecule has 0 unspecified atom stereocenters. The molecular formula is C21H24N4O3S. The number of nitrogens with zero attached hydrogens (tertiary/aromatic N) is 4. The van der Waals surface area contributed by atoms with Crippen LogP contribution in [0.5, 0.6) is 0 Å². The van der Waals surface area contributed by atoms with Crippen molar-refractivity contribution < 1.29 is 13.6 Å². The molecule has 152 valence electrons. The van der Waals surface area contributed by atoms with Crippen molar-refractivity contribution >= 4 is 17.7 Å². The third kappa shape index (κ3) is 4.71. The number of aryl methyl sites for hydroxylation is 1. The Morgan fingerprint density at radius 1 is 1.14 bits per heavy atom. The second-order valence-electron chi connectivity index (χ2n) is 7.11. The summed E-state index contributed by atoms with van der Waals surface area (Å²) >= 11 is 1.30. The van der Waals surface area contributed by atoms with Gasteiger partial charge in [0.2, 0.25) is 5.91 Å². The molecule has 0 saturated carbocycles. The molecule has 29 heavy (non-hydrogen) atoms. The standard InChI is InChI=1S/C21H24N4O3S/c1-15-18(8-13-27-15)19-22-23-21(28-19)29-16(2)20(26)25-11-9-24(10-12-25)14-17-6-4-3-5-7-17/h3-8,13,16H,9-12,14H2,1-2H3/t16-/m0/s1. The van der Waals surface area contributed by atoms with E-state index in [0.717, 1.165) is 44.0 Å². The molecule has 1 aromatic carbocycles. The van der Waals surface area contributed by atoms with Crippen molar-refractivity contribution in [3.05, 3.63) is 54.0 Å². The molecule has 1 aliphatic heterocycles. The van der Waals surface area contributed by atoms with Gasteiger partial charge in [-0.2, -0.15) is 0 Å². The van der Waals surface area contributed by atoms with Crippen molar-refractivity contribution in [1.29, 1.82) is 0 Å². The van der Waals surface area contributed by atoms with Gasteiger partial charge in [-0.3, -0.25) is 9.69 Å². The van der Waals surface area contributed by atoms with E-state index >= 15 is 0 Å². The average molecular weight is 413 g/mol. The molecule has 1 atom stereocenters. The van der Waals surface area contributed by atoms with Crippen molar-refractivity contribution in [1.82, 2.24) is 20.0 Å². The molecule has 8 heteroatoms. The minimum atomic E-state index is -0.283. The zero-order valence-corrected chi connectivity index (χ0v) is 17.4.